The molecule has 0 radical (unpaired) electrons. The van der Waals surface area contributed by atoms with Gasteiger partial charge in [0.25, 0.3) is 0 Å². The molecule has 1 amide bonds. The Bertz CT molecular complexity index is 921. The third-order valence-corrected chi connectivity index (χ3v) is 4.72. The monoisotopic (exact) mass is 355 g/mol. The molecule has 0 saturated heterocycles. The Morgan fingerprint density at radius 2 is 2.15 bits per heavy atom. The molecule has 7 heteroatoms. The first-order valence-electron chi connectivity index (χ1n) is 8.81. The molecule has 0 aliphatic rings. The van der Waals surface area contributed by atoms with Crippen LogP contribution in [0.15, 0.2) is 30.6 Å². The summed E-state index contributed by atoms with van der Waals surface area (Å²) >= 11 is 0. The van der Waals surface area contributed by atoms with Crippen LogP contribution in [0.3, 0.4) is 0 Å². The molecule has 2 aromatic heterocycles. The maximum Gasteiger partial charge on any atom is 0.245 e. The van der Waals surface area contributed by atoms with Crippen LogP contribution in [-0.4, -0.2) is 46.2 Å². The summed E-state index contributed by atoms with van der Waals surface area (Å²) in [6.45, 7) is 3.28. The number of aromatic nitrogens is 3. The second-order valence-corrected chi connectivity index (χ2v) is 6.46. The number of amides is 1. The van der Waals surface area contributed by atoms with Crippen molar-refractivity contribution in [1.29, 1.82) is 0 Å². The van der Waals surface area contributed by atoms with Crippen LogP contribution >= 0.6 is 0 Å². The zero-order valence-corrected chi connectivity index (χ0v) is 15.5. The SMILES string of the molecule is CON(C)C(=O)CCCn1cnc2c(C(C)CN)nc3ccccc3c21. The molecular weight excluding hydrogens is 330 g/mol. The van der Waals surface area contributed by atoms with Crippen molar-refractivity contribution in [1.82, 2.24) is 19.6 Å². The van der Waals surface area contributed by atoms with E-state index in [2.05, 4.69) is 22.5 Å². The van der Waals surface area contributed by atoms with Crippen LogP contribution in [0.5, 0.6) is 0 Å². The number of nitrogens with two attached hydrogens (primary N) is 1. The van der Waals surface area contributed by atoms with Gasteiger partial charge >= 0.3 is 0 Å². The molecule has 1 atom stereocenters. The Morgan fingerprint density at radius 3 is 2.88 bits per heavy atom. The number of para-hydroxylation sites is 1. The van der Waals surface area contributed by atoms with Crippen molar-refractivity contribution in [2.75, 3.05) is 20.7 Å². The lowest BCUT2D eigenvalue weighted by molar-refractivity contribution is -0.168. The minimum atomic E-state index is -0.0408. The summed E-state index contributed by atoms with van der Waals surface area (Å²) in [5, 5.41) is 2.32. The molecule has 0 bridgehead atoms. The number of hydrogen-bond donors (Lipinski definition) is 1. The van der Waals surface area contributed by atoms with E-state index in [4.69, 9.17) is 15.6 Å². The first kappa shape index (κ1) is 18.3. The Hall–Kier alpha value is -2.51. The van der Waals surface area contributed by atoms with E-state index in [1.807, 2.05) is 24.5 Å². The van der Waals surface area contributed by atoms with Gasteiger partial charge in [-0.15, -0.1) is 0 Å². The smallest absolute Gasteiger partial charge is 0.245 e. The maximum atomic E-state index is 11.9. The first-order valence-corrected chi connectivity index (χ1v) is 8.81. The highest BCUT2D eigenvalue weighted by molar-refractivity contribution is 6.03. The maximum absolute atomic E-state index is 11.9. The number of pyridine rings is 1. The number of benzene rings is 1. The van der Waals surface area contributed by atoms with Crippen LogP contribution in [0.1, 0.15) is 31.4 Å². The van der Waals surface area contributed by atoms with Gasteiger partial charge in [-0.05, 0) is 12.5 Å². The zero-order valence-electron chi connectivity index (χ0n) is 15.5. The highest BCUT2D eigenvalue weighted by atomic mass is 16.7. The Labute approximate surface area is 152 Å². The van der Waals surface area contributed by atoms with E-state index in [-0.39, 0.29) is 11.8 Å². The van der Waals surface area contributed by atoms with Crippen LogP contribution in [0.2, 0.25) is 0 Å². The molecular formula is C19H25N5O2. The summed E-state index contributed by atoms with van der Waals surface area (Å²) in [4.78, 5) is 26.2. The van der Waals surface area contributed by atoms with Gasteiger partial charge in [-0.25, -0.2) is 10.0 Å². The zero-order chi connectivity index (χ0) is 18.7. The van der Waals surface area contributed by atoms with Gasteiger partial charge in [0.15, 0.2) is 0 Å². The van der Waals surface area contributed by atoms with E-state index in [1.165, 1.54) is 12.2 Å². The van der Waals surface area contributed by atoms with Crippen molar-refractivity contribution in [3.63, 3.8) is 0 Å². The molecule has 0 spiro atoms. The van der Waals surface area contributed by atoms with Gasteiger partial charge in [0.05, 0.1) is 30.2 Å². The van der Waals surface area contributed by atoms with Gasteiger partial charge in [-0.3, -0.25) is 14.6 Å². The Morgan fingerprint density at radius 1 is 1.38 bits per heavy atom. The molecule has 3 aromatic rings. The number of hydroxylamine groups is 2. The minimum Gasteiger partial charge on any atom is -0.330 e. The average Bonchev–Trinajstić information content (AvgIpc) is 3.10. The molecule has 7 nitrogen and oxygen atoms in total. The average molecular weight is 355 g/mol. The first-order chi connectivity index (χ1) is 12.6. The number of hydrogen-bond acceptors (Lipinski definition) is 5. The predicted octanol–water partition coefficient (Wildman–Crippen LogP) is 2.45. The van der Waals surface area contributed by atoms with Crippen LogP contribution in [0.25, 0.3) is 21.9 Å². The van der Waals surface area contributed by atoms with Crippen LogP contribution in [-0.2, 0) is 16.2 Å². The van der Waals surface area contributed by atoms with Crippen molar-refractivity contribution in [2.45, 2.75) is 32.2 Å². The number of fused-ring (bicyclic) bond motifs is 3. The summed E-state index contributed by atoms with van der Waals surface area (Å²) in [5.74, 6) is 0.0864. The topological polar surface area (TPSA) is 86.3 Å². The summed E-state index contributed by atoms with van der Waals surface area (Å²) in [6, 6.07) is 8.06. The lowest BCUT2D eigenvalue weighted by Crippen LogP contribution is -2.25. The number of nitrogens with zero attached hydrogens (tertiary/aromatic N) is 4. The van der Waals surface area contributed by atoms with Crippen LogP contribution in [0, 0.1) is 0 Å². The van der Waals surface area contributed by atoms with E-state index in [0.717, 1.165) is 27.6 Å². The highest BCUT2D eigenvalue weighted by Crippen LogP contribution is 2.29. The minimum absolute atomic E-state index is 0.0408. The van der Waals surface area contributed by atoms with E-state index in [0.29, 0.717) is 25.9 Å². The number of carbonyl (C=O) groups is 1. The van der Waals surface area contributed by atoms with Crippen molar-refractivity contribution in [3.8, 4) is 0 Å². The third kappa shape index (κ3) is 3.40. The van der Waals surface area contributed by atoms with Gasteiger partial charge in [0.1, 0.15) is 5.52 Å². The lowest BCUT2D eigenvalue weighted by atomic mass is 10.0. The van der Waals surface area contributed by atoms with E-state index < -0.39 is 0 Å². The third-order valence-electron chi connectivity index (χ3n) is 4.72. The van der Waals surface area contributed by atoms with Crippen molar-refractivity contribution in [2.24, 2.45) is 5.73 Å². The quantitative estimate of drug-likeness (QED) is 0.658. The molecule has 0 fully saturated rings. The number of rotatable bonds is 7. The standard InChI is InChI=1S/C19H25N5O2/c1-13(11-20)17-18-19(14-7-4-5-8-15(14)22-17)24(12-21-18)10-6-9-16(25)23(2)26-3/h4-5,7-8,12-13H,6,9-11,20H2,1-3H3. The fourth-order valence-electron chi connectivity index (χ4n) is 3.09. The van der Waals surface area contributed by atoms with E-state index >= 15 is 0 Å². The normalized spacial score (nSPS) is 12.6. The lowest BCUT2D eigenvalue weighted by Gasteiger charge is -2.14. The summed E-state index contributed by atoms with van der Waals surface area (Å²) in [7, 11) is 3.11. The summed E-state index contributed by atoms with van der Waals surface area (Å²) in [5.41, 5.74) is 9.68. The van der Waals surface area contributed by atoms with Crippen molar-refractivity contribution in [3.05, 3.63) is 36.3 Å². The van der Waals surface area contributed by atoms with Crippen molar-refractivity contribution < 1.29 is 9.63 Å². The highest BCUT2D eigenvalue weighted by Gasteiger charge is 2.17. The molecule has 1 aromatic carbocycles. The molecule has 2 N–H and O–H groups in total. The molecule has 3 rings (SSSR count). The van der Waals surface area contributed by atoms with Crippen LogP contribution < -0.4 is 5.73 Å². The van der Waals surface area contributed by atoms with Gasteiger partial charge in [-0.2, -0.15) is 0 Å². The Balaban J connectivity index is 1.97. The number of imidazole rings is 1. The largest absolute Gasteiger partial charge is 0.330 e. The van der Waals surface area contributed by atoms with Crippen LogP contribution in [0.4, 0.5) is 0 Å². The van der Waals surface area contributed by atoms with Gasteiger partial charge < -0.3 is 10.3 Å². The molecule has 26 heavy (non-hydrogen) atoms. The number of carbonyl (C=O) groups excluding carboxylic acids is 1. The summed E-state index contributed by atoms with van der Waals surface area (Å²) < 4.78 is 2.10. The predicted molar refractivity (Wildman–Crippen MR) is 102 cm³/mol. The second kappa shape index (κ2) is 7.80. The molecule has 1 unspecified atom stereocenters. The van der Waals surface area contributed by atoms with Crippen molar-refractivity contribution >= 4 is 27.8 Å². The molecule has 2 heterocycles. The molecule has 0 aliphatic heterocycles. The van der Waals surface area contributed by atoms with E-state index in [9.17, 15) is 4.79 Å². The fraction of sp³-hybridized carbons (Fsp3) is 0.421. The second-order valence-electron chi connectivity index (χ2n) is 6.46. The van der Waals surface area contributed by atoms with Gasteiger partial charge in [0, 0.05) is 37.9 Å². The molecule has 138 valence electrons. The summed E-state index contributed by atoms with van der Waals surface area (Å²) in [6.07, 6.45) is 2.95. The number of aryl methyl sites for hydroxylation is 1. The van der Waals surface area contributed by atoms with Gasteiger partial charge in [0.2, 0.25) is 5.91 Å². The van der Waals surface area contributed by atoms with Gasteiger partial charge in [-0.1, -0.05) is 25.1 Å². The van der Waals surface area contributed by atoms with E-state index in [1.54, 1.807) is 7.05 Å². The fourth-order valence-corrected chi connectivity index (χ4v) is 3.09. The Kier molecular flexibility index (Phi) is 5.49. The molecule has 0 saturated carbocycles. The molecule has 0 aliphatic carbocycles.